The zero-order valence-corrected chi connectivity index (χ0v) is 12.7. The van der Waals surface area contributed by atoms with Crippen LogP contribution >= 0.6 is 0 Å². The predicted molar refractivity (Wildman–Crippen MR) is 78.2 cm³/mol. The molecule has 0 radical (unpaired) electrons. The summed E-state index contributed by atoms with van der Waals surface area (Å²) in [4.78, 5) is 20.3. The van der Waals surface area contributed by atoms with Gasteiger partial charge in [0.15, 0.2) is 0 Å². The van der Waals surface area contributed by atoms with E-state index >= 15 is 0 Å². The van der Waals surface area contributed by atoms with Gasteiger partial charge in [0.05, 0.1) is 5.92 Å². The third kappa shape index (κ3) is 7.28. The summed E-state index contributed by atoms with van der Waals surface area (Å²) in [5.41, 5.74) is 5.69. The van der Waals surface area contributed by atoms with E-state index in [-0.39, 0.29) is 23.9 Å². The van der Waals surface area contributed by atoms with Gasteiger partial charge < -0.3 is 15.6 Å². The molecule has 0 atom stereocenters. The quantitative estimate of drug-likeness (QED) is 0.472. The summed E-state index contributed by atoms with van der Waals surface area (Å²) in [6.45, 7) is 9.19. The van der Waals surface area contributed by atoms with Crippen LogP contribution in [0.15, 0.2) is 12.7 Å². The maximum absolute atomic E-state index is 11.9. The molecule has 0 spiro atoms. The van der Waals surface area contributed by atoms with Crippen molar-refractivity contribution in [1.82, 2.24) is 0 Å². The maximum Gasteiger partial charge on any atom is 0.309 e. The van der Waals surface area contributed by atoms with Crippen LogP contribution in [0.3, 0.4) is 0 Å². The number of carbonyl (C=O) groups is 2. The highest BCUT2D eigenvalue weighted by molar-refractivity contribution is 5.73. The van der Waals surface area contributed by atoms with Gasteiger partial charge in [-0.3, -0.25) is 9.59 Å². The molecule has 3 N–H and O–H groups in total. The van der Waals surface area contributed by atoms with Gasteiger partial charge in [0.1, 0.15) is 5.60 Å². The molecule has 1 rings (SSSR count). The molecular weight excluding hydrogens is 258 g/mol. The number of hydrogen-bond donors (Lipinski definition) is 2. The van der Waals surface area contributed by atoms with Gasteiger partial charge in [-0.15, -0.1) is 6.58 Å². The van der Waals surface area contributed by atoms with Gasteiger partial charge in [-0.1, -0.05) is 6.08 Å². The first kappa shape index (κ1) is 18.6. The Hall–Kier alpha value is -1.36. The fraction of sp³-hybridized carbons (Fsp3) is 0.733. The second-order valence-electron chi connectivity index (χ2n) is 6.27. The fourth-order valence-electron chi connectivity index (χ4n) is 2.31. The Morgan fingerprint density at radius 3 is 2.25 bits per heavy atom. The molecule has 1 aliphatic carbocycles. The van der Waals surface area contributed by atoms with Crippen molar-refractivity contribution in [2.24, 2.45) is 11.7 Å². The SMILES string of the molecule is C=CCC1(N)CCC(C(=O)OC(C)(C)C)CC1.O=CO. The summed E-state index contributed by atoms with van der Waals surface area (Å²) in [6, 6.07) is 0. The van der Waals surface area contributed by atoms with Gasteiger partial charge in [0, 0.05) is 5.54 Å². The molecule has 1 saturated carbocycles. The van der Waals surface area contributed by atoms with Crippen LogP contribution in [0.5, 0.6) is 0 Å². The Balaban J connectivity index is 0.00000110. The third-order valence-electron chi connectivity index (χ3n) is 3.27. The summed E-state index contributed by atoms with van der Waals surface area (Å²) >= 11 is 0. The normalized spacial score (nSPS) is 25.9. The molecule has 116 valence electrons. The van der Waals surface area contributed by atoms with Gasteiger partial charge >= 0.3 is 5.97 Å². The van der Waals surface area contributed by atoms with Crippen LogP contribution in [-0.4, -0.2) is 28.7 Å². The number of ether oxygens (including phenoxy) is 1. The first-order chi connectivity index (χ1) is 9.17. The number of nitrogens with two attached hydrogens (primary N) is 1. The highest BCUT2D eigenvalue weighted by atomic mass is 16.6. The summed E-state index contributed by atoms with van der Waals surface area (Å²) < 4.78 is 5.41. The van der Waals surface area contributed by atoms with E-state index in [1.807, 2.05) is 26.8 Å². The molecule has 0 unspecified atom stereocenters. The lowest BCUT2D eigenvalue weighted by Crippen LogP contribution is -2.44. The van der Waals surface area contributed by atoms with E-state index in [0.717, 1.165) is 32.1 Å². The van der Waals surface area contributed by atoms with Crippen molar-refractivity contribution in [2.75, 3.05) is 0 Å². The van der Waals surface area contributed by atoms with Crippen LogP contribution in [-0.2, 0) is 14.3 Å². The molecule has 0 aliphatic heterocycles. The lowest BCUT2D eigenvalue weighted by atomic mass is 9.75. The van der Waals surface area contributed by atoms with Crippen molar-refractivity contribution in [2.45, 2.75) is 64.0 Å². The minimum absolute atomic E-state index is 0.0238. The molecule has 0 aromatic carbocycles. The molecule has 0 aromatic heterocycles. The molecule has 0 saturated heterocycles. The number of hydrogen-bond acceptors (Lipinski definition) is 4. The number of carboxylic acid groups (broad SMARTS) is 1. The highest BCUT2D eigenvalue weighted by Crippen LogP contribution is 2.34. The van der Waals surface area contributed by atoms with Gasteiger partial charge in [0.25, 0.3) is 6.47 Å². The Labute approximate surface area is 121 Å². The van der Waals surface area contributed by atoms with Crippen molar-refractivity contribution < 1.29 is 19.4 Å². The Morgan fingerprint density at radius 1 is 1.45 bits per heavy atom. The predicted octanol–water partition coefficient (Wildman–Crippen LogP) is 2.49. The smallest absolute Gasteiger partial charge is 0.309 e. The second-order valence-corrected chi connectivity index (χ2v) is 6.27. The minimum atomic E-state index is -0.393. The number of rotatable bonds is 3. The molecule has 0 amide bonds. The number of carbonyl (C=O) groups excluding carboxylic acids is 1. The Kier molecular flexibility index (Phi) is 7.50. The minimum Gasteiger partial charge on any atom is -0.483 e. The molecule has 5 heteroatoms. The average molecular weight is 285 g/mol. The van der Waals surface area contributed by atoms with E-state index in [1.165, 1.54) is 0 Å². The molecule has 0 heterocycles. The number of esters is 1. The van der Waals surface area contributed by atoms with E-state index < -0.39 is 5.60 Å². The topological polar surface area (TPSA) is 89.6 Å². The zero-order valence-electron chi connectivity index (χ0n) is 12.7. The summed E-state index contributed by atoms with van der Waals surface area (Å²) in [7, 11) is 0. The van der Waals surface area contributed by atoms with Crippen molar-refractivity contribution in [3.8, 4) is 0 Å². The van der Waals surface area contributed by atoms with Crippen LogP contribution in [0.2, 0.25) is 0 Å². The second kappa shape index (κ2) is 8.04. The van der Waals surface area contributed by atoms with Crippen LogP contribution in [0.4, 0.5) is 0 Å². The largest absolute Gasteiger partial charge is 0.483 e. The Bertz CT molecular complexity index is 325. The zero-order chi connectivity index (χ0) is 15.8. The van der Waals surface area contributed by atoms with Gasteiger partial charge in [-0.05, 0) is 52.9 Å². The summed E-state index contributed by atoms with van der Waals surface area (Å²) in [6.07, 6.45) is 6.12. The van der Waals surface area contributed by atoms with Crippen LogP contribution in [0, 0.1) is 5.92 Å². The lowest BCUT2D eigenvalue weighted by Gasteiger charge is -2.36. The van der Waals surface area contributed by atoms with Gasteiger partial charge in [-0.25, -0.2) is 0 Å². The third-order valence-corrected chi connectivity index (χ3v) is 3.27. The monoisotopic (exact) mass is 285 g/mol. The first-order valence-electron chi connectivity index (χ1n) is 6.88. The van der Waals surface area contributed by atoms with E-state index in [1.54, 1.807) is 0 Å². The molecule has 0 aromatic rings. The van der Waals surface area contributed by atoms with Gasteiger partial charge in [-0.2, -0.15) is 0 Å². The first-order valence-corrected chi connectivity index (χ1v) is 6.88. The molecule has 5 nitrogen and oxygen atoms in total. The molecule has 1 fully saturated rings. The van der Waals surface area contributed by atoms with Crippen molar-refractivity contribution in [3.05, 3.63) is 12.7 Å². The van der Waals surface area contributed by atoms with E-state index in [9.17, 15) is 4.79 Å². The standard InChI is InChI=1S/C14H25NO2.CH2O2/c1-5-8-14(15)9-6-11(7-10-14)12(16)17-13(2,3)4;2-1-3/h5,11H,1,6-10,15H2,2-4H3;1H,(H,2,3). The molecule has 20 heavy (non-hydrogen) atoms. The highest BCUT2D eigenvalue weighted by Gasteiger charge is 2.35. The molecule has 0 bridgehead atoms. The lowest BCUT2D eigenvalue weighted by molar-refractivity contribution is -0.161. The summed E-state index contributed by atoms with van der Waals surface area (Å²) in [5, 5.41) is 6.89. The fourth-order valence-corrected chi connectivity index (χ4v) is 2.31. The molecular formula is C15H27NO4. The van der Waals surface area contributed by atoms with Crippen LogP contribution < -0.4 is 5.73 Å². The maximum atomic E-state index is 11.9. The summed E-state index contributed by atoms with van der Waals surface area (Å²) in [5.74, 6) is -0.0473. The van der Waals surface area contributed by atoms with Crippen molar-refractivity contribution >= 4 is 12.4 Å². The average Bonchev–Trinajstić information content (AvgIpc) is 2.28. The van der Waals surface area contributed by atoms with Crippen molar-refractivity contribution in [1.29, 1.82) is 0 Å². The molecule has 1 aliphatic rings. The van der Waals surface area contributed by atoms with Gasteiger partial charge in [0.2, 0.25) is 0 Å². The van der Waals surface area contributed by atoms with Crippen LogP contribution in [0.1, 0.15) is 52.9 Å². The van der Waals surface area contributed by atoms with Crippen LogP contribution in [0.25, 0.3) is 0 Å². The van der Waals surface area contributed by atoms with E-state index in [0.29, 0.717) is 0 Å². The van der Waals surface area contributed by atoms with E-state index in [4.69, 9.17) is 20.4 Å². The van der Waals surface area contributed by atoms with Crippen molar-refractivity contribution in [3.63, 3.8) is 0 Å². The van der Waals surface area contributed by atoms with E-state index in [2.05, 4.69) is 6.58 Å². The Morgan fingerprint density at radius 2 is 1.90 bits per heavy atom.